The number of amides is 1. The van der Waals surface area contributed by atoms with Crippen molar-refractivity contribution in [3.63, 3.8) is 0 Å². The number of rotatable bonds is 2. The van der Waals surface area contributed by atoms with Gasteiger partial charge in [0.1, 0.15) is 11.9 Å². The summed E-state index contributed by atoms with van der Waals surface area (Å²) in [5.41, 5.74) is 8.43. The van der Waals surface area contributed by atoms with Crippen molar-refractivity contribution in [1.29, 1.82) is 0 Å². The van der Waals surface area contributed by atoms with E-state index in [-0.39, 0.29) is 6.09 Å². The summed E-state index contributed by atoms with van der Waals surface area (Å²) in [4.78, 5) is 27.1. The second-order valence-electron chi connectivity index (χ2n) is 6.82. The first kappa shape index (κ1) is 17.1. The van der Waals surface area contributed by atoms with Crippen LogP contribution in [0, 0.1) is 6.92 Å². The summed E-state index contributed by atoms with van der Waals surface area (Å²) in [6.07, 6.45) is 0.542. The molecule has 1 aromatic carbocycles. The van der Waals surface area contributed by atoms with Crippen LogP contribution >= 0.6 is 0 Å². The molecule has 1 heterocycles. The number of ether oxygens (including phenoxy) is 1. The van der Waals surface area contributed by atoms with Crippen molar-refractivity contribution >= 4 is 23.8 Å². The van der Waals surface area contributed by atoms with Crippen LogP contribution in [0.5, 0.6) is 0 Å². The summed E-state index contributed by atoms with van der Waals surface area (Å²) in [6, 6.07) is 3.73. The van der Waals surface area contributed by atoms with Crippen molar-refractivity contribution in [2.75, 3.05) is 36.8 Å². The molecule has 0 aromatic heterocycles. The van der Waals surface area contributed by atoms with Gasteiger partial charge in [-0.2, -0.15) is 0 Å². The lowest BCUT2D eigenvalue weighted by Gasteiger charge is -2.37. The van der Waals surface area contributed by atoms with Crippen LogP contribution in [0.1, 0.15) is 36.7 Å². The fourth-order valence-corrected chi connectivity index (χ4v) is 2.52. The number of benzene rings is 1. The molecule has 1 aliphatic heterocycles. The molecule has 0 bridgehead atoms. The van der Waals surface area contributed by atoms with Crippen LogP contribution in [-0.4, -0.2) is 49.1 Å². The van der Waals surface area contributed by atoms with E-state index in [1.54, 1.807) is 4.90 Å². The number of piperazine rings is 1. The molecule has 1 fully saturated rings. The second-order valence-corrected chi connectivity index (χ2v) is 6.82. The van der Waals surface area contributed by atoms with Crippen LogP contribution in [0.4, 0.5) is 16.2 Å². The Balaban J connectivity index is 2.03. The number of nitrogens with two attached hydrogens (primary N) is 1. The van der Waals surface area contributed by atoms with Gasteiger partial charge in [0.15, 0.2) is 0 Å². The highest BCUT2D eigenvalue weighted by Gasteiger charge is 2.26. The summed E-state index contributed by atoms with van der Waals surface area (Å²) in [5.74, 6) is 0. The van der Waals surface area contributed by atoms with E-state index in [1.807, 2.05) is 39.8 Å². The van der Waals surface area contributed by atoms with Gasteiger partial charge >= 0.3 is 6.09 Å². The summed E-state index contributed by atoms with van der Waals surface area (Å²) in [5, 5.41) is 0. The first-order chi connectivity index (χ1) is 10.7. The van der Waals surface area contributed by atoms with Gasteiger partial charge in [-0.3, -0.25) is 4.79 Å². The molecule has 0 unspecified atom stereocenters. The molecule has 0 radical (unpaired) electrons. The van der Waals surface area contributed by atoms with E-state index < -0.39 is 5.60 Å². The number of carbonyl (C=O) groups excluding carboxylic acids is 2. The van der Waals surface area contributed by atoms with Crippen LogP contribution in [-0.2, 0) is 4.74 Å². The summed E-state index contributed by atoms with van der Waals surface area (Å²) < 4.78 is 5.39. The minimum Gasteiger partial charge on any atom is -0.444 e. The molecule has 0 spiro atoms. The highest BCUT2D eigenvalue weighted by molar-refractivity contribution is 5.83. The van der Waals surface area contributed by atoms with Crippen LogP contribution in [0.25, 0.3) is 0 Å². The number of hydrogen-bond donors (Lipinski definition) is 1. The molecule has 6 heteroatoms. The molecular weight excluding hydrogens is 294 g/mol. The van der Waals surface area contributed by atoms with E-state index in [1.165, 1.54) is 0 Å². The monoisotopic (exact) mass is 319 g/mol. The lowest BCUT2D eigenvalue weighted by molar-refractivity contribution is 0.0240. The zero-order chi connectivity index (χ0) is 17.2. The Hall–Kier alpha value is -2.24. The van der Waals surface area contributed by atoms with E-state index in [0.29, 0.717) is 37.4 Å². The van der Waals surface area contributed by atoms with E-state index in [4.69, 9.17) is 10.5 Å². The quantitative estimate of drug-likeness (QED) is 0.669. The van der Waals surface area contributed by atoms with Crippen molar-refractivity contribution in [2.24, 2.45) is 0 Å². The molecule has 0 atom stereocenters. The first-order valence-corrected chi connectivity index (χ1v) is 7.79. The Kier molecular flexibility index (Phi) is 4.82. The van der Waals surface area contributed by atoms with Gasteiger partial charge in [-0.05, 0) is 45.4 Å². The van der Waals surface area contributed by atoms with Crippen molar-refractivity contribution < 1.29 is 14.3 Å². The third-order valence-electron chi connectivity index (χ3n) is 3.90. The highest BCUT2D eigenvalue weighted by Crippen LogP contribution is 2.25. The maximum atomic E-state index is 12.1. The Morgan fingerprint density at radius 3 is 2.35 bits per heavy atom. The van der Waals surface area contributed by atoms with E-state index in [2.05, 4.69) is 4.90 Å². The SMILES string of the molecule is Cc1c(N)cc(N2CCN(C(=O)OC(C)(C)C)CC2)cc1C=O. The van der Waals surface area contributed by atoms with Gasteiger partial charge in [-0.1, -0.05) is 0 Å². The predicted octanol–water partition coefficient (Wildman–Crippen LogP) is 2.45. The van der Waals surface area contributed by atoms with Crippen LogP contribution in [0.2, 0.25) is 0 Å². The molecule has 1 saturated heterocycles. The van der Waals surface area contributed by atoms with E-state index in [9.17, 15) is 9.59 Å². The molecule has 2 N–H and O–H groups in total. The van der Waals surface area contributed by atoms with Gasteiger partial charge in [0.05, 0.1) is 0 Å². The van der Waals surface area contributed by atoms with Gasteiger partial charge in [0.25, 0.3) is 0 Å². The van der Waals surface area contributed by atoms with Gasteiger partial charge in [-0.15, -0.1) is 0 Å². The van der Waals surface area contributed by atoms with Crippen molar-refractivity contribution in [3.8, 4) is 0 Å². The molecule has 2 rings (SSSR count). The van der Waals surface area contributed by atoms with Crippen LogP contribution in [0.15, 0.2) is 12.1 Å². The number of nitrogens with zero attached hydrogens (tertiary/aromatic N) is 2. The lowest BCUT2D eigenvalue weighted by atomic mass is 10.1. The van der Waals surface area contributed by atoms with Crippen molar-refractivity contribution in [2.45, 2.75) is 33.3 Å². The molecular formula is C17H25N3O3. The average molecular weight is 319 g/mol. The second kappa shape index (κ2) is 6.48. The van der Waals surface area contributed by atoms with E-state index >= 15 is 0 Å². The molecule has 1 aromatic rings. The Morgan fingerprint density at radius 2 is 1.83 bits per heavy atom. The predicted molar refractivity (Wildman–Crippen MR) is 91.0 cm³/mol. The number of hydrogen-bond acceptors (Lipinski definition) is 5. The van der Waals surface area contributed by atoms with Crippen LogP contribution in [0.3, 0.4) is 0 Å². The van der Waals surface area contributed by atoms with Gasteiger partial charge in [0.2, 0.25) is 0 Å². The molecule has 23 heavy (non-hydrogen) atoms. The fraction of sp³-hybridized carbons (Fsp3) is 0.529. The highest BCUT2D eigenvalue weighted by atomic mass is 16.6. The normalized spacial score (nSPS) is 15.5. The molecule has 0 aliphatic carbocycles. The molecule has 6 nitrogen and oxygen atoms in total. The van der Waals surface area contributed by atoms with E-state index in [0.717, 1.165) is 17.5 Å². The Labute approximate surface area is 137 Å². The minimum absolute atomic E-state index is 0.283. The fourth-order valence-electron chi connectivity index (χ4n) is 2.52. The molecule has 0 saturated carbocycles. The molecule has 126 valence electrons. The maximum Gasteiger partial charge on any atom is 0.410 e. The zero-order valence-corrected chi connectivity index (χ0v) is 14.3. The number of anilines is 2. The third kappa shape index (κ3) is 4.15. The maximum absolute atomic E-state index is 12.1. The molecule has 1 amide bonds. The zero-order valence-electron chi connectivity index (χ0n) is 14.3. The average Bonchev–Trinajstić information content (AvgIpc) is 2.48. The first-order valence-electron chi connectivity index (χ1n) is 7.79. The smallest absolute Gasteiger partial charge is 0.410 e. The number of aldehydes is 1. The standard InChI is InChI=1S/C17H25N3O3/c1-12-13(11-21)9-14(10-15(12)18)19-5-7-20(8-6-19)16(22)23-17(2,3)4/h9-11H,5-8,18H2,1-4H3. The lowest BCUT2D eigenvalue weighted by Crippen LogP contribution is -2.50. The summed E-state index contributed by atoms with van der Waals surface area (Å²) >= 11 is 0. The van der Waals surface area contributed by atoms with Gasteiger partial charge < -0.3 is 20.3 Å². The summed E-state index contributed by atoms with van der Waals surface area (Å²) in [7, 11) is 0. The molecule has 1 aliphatic rings. The summed E-state index contributed by atoms with van der Waals surface area (Å²) in [6.45, 7) is 9.94. The van der Waals surface area contributed by atoms with Gasteiger partial charge in [-0.25, -0.2) is 4.79 Å². The Morgan fingerprint density at radius 1 is 1.22 bits per heavy atom. The number of carbonyl (C=O) groups is 2. The topological polar surface area (TPSA) is 75.9 Å². The minimum atomic E-state index is -0.488. The third-order valence-corrected chi connectivity index (χ3v) is 3.90. The van der Waals surface area contributed by atoms with Crippen LogP contribution < -0.4 is 10.6 Å². The Bertz CT molecular complexity index is 600. The largest absolute Gasteiger partial charge is 0.444 e. The van der Waals surface area contributed by atoms with Crippen molar-refractivity contribution in [3.05, 3.63) is 23.3 Å². The van der Waals surface area contributed by atoms with Gasteiger partial charge in [0, 0.05) is 43.1 Å². The number of nitrogen functional groups attached to an aromatic ring is 1. The van der Waals surface area contributed by atoms with Crippen molar-refractivity contribution in [1.82, 2.24) is 4.90 Å².